The van der Waals surface area contributed by atoms with Crippen LogP contribution in [0, 0.1) is 0 Å². The molecule has 1 saturated carbocycles. The van der Waals surface area contributed by atoms with E-state index in [1.54, 1.807) is 50.2 Å². The number of fused-ring (bicyclic) bond motifs is 2. The lowest BCUT2D eigenvalue weighted by Crippen LogP contribution is -2.55. The zero-order valence-electron chi connectivity index (χ0n) is 20.5. The summed E-state index contributed by atoms with van der Waals surface area (Å²) in [6, 6.07) is 10.2. The first-order valence-electron chi connectivity index (χ1n) is 12.0. The van der Waals surface area contributed by atoms with Crippen LogP contribution in [-0.2, 0) is 35.0 Å². The smallest absolute Gasteiger partial charge is 0.350 e. The second-order valence-corrected chi connectivity index (χ2v) is 9.38. The number of halogens is 2. The first-order chi connectivity index (χ1) is 18.2. The van der Waals surface area contributed by atoms with Gasteiger partial charge in [-0.2, -0.15) is 4.98 Å². The number of carbonyl (C=O) groups is 2. The fourth-order valence-corrected chi connectivity index (χ4v) is 5.00. The highest BCUT2D eigenvalue weighted by Crippen LogP contribution is 2.58. The van der Waals surface area contributed by atoms with Gasteiger partial charge in [-0.1, -0.05) is 30.3 Å². The van der Waals surface area contributed by atoms with E-state index in [0.29, 0.717) is 10.9 Å². The predicted molar refractivity (Wildman–Crippen MR) is 132 cm³/mol. The molecule has 0 amide bonds. The van der Waals surface area contributed by atoms with E-state index in [4.69, 9.17) is 36.3 Å². The Labute approximate surface area is 221 Å². The molecule has 38 heavy (non-hydrogen) atoms. The van der Waals surface area contributed by atoms with Gasteiger partial charge in [0.2, 0.25) is 5.28 Å². The lowest BCUT2D eigenvalue weighted by molar-refractivity contribution is -0.201. The van der Waals surface area contributed by atoms with Crippen LogP contribution in [0.3, 0.4) is 0 Å². The summed E-state index contributed by atoms with van der Waals surface area (Å²) in [6.45, 7) is 3.06. The largest absolute Gasteiger partial charge is 0.463 e. The fourth-order valence-electron chi connectivity index (χ4n) is 4.83. The zero-order valence-corrected chi connectivity index (χ0v) is 21.3. The van der Waals surface area contributed by atoms with Gasteiger partial charge in [0, 0.05) is 12.6 Å². The van der Waals surface area contributed by atoms with E-state index in [-0.39, 0.29) is 36.4 Å². The number of hydrogen-bond donors (Lipinski definition) is 2. The number of aliphatic hydroxyl groups is 1. The molecule has 1 saturated heterocycles. The molecule has 2 aliphatic rings. The Kier molecular flexibility index (Phi) is 6.76. The number of alkyl halides is 1. The fraction of sp³-hybridized carbons (Fsp3) is 0.440. The molecule has 11 nitrogen and oxygen atoms in total. The van der Waals surface area contributed by atoms with Crippen LogP contribution < -0.4 is 5.73 Å². The van der Waals surface area contributed by atoms with Gasteiger partial charge in [0.05, 0.1) is 18.6 Å². The van der Waals surface area contributed by atoms with E-state index in [0.717, 1.165) is 0 Å². The minimum absolute atomic E-state index is 0.0466. The second kappa shape index (κ2) is 9.77. The number of nitrogens with two attached hydrogens (primary N) is 1. The molecule has 0 radical (unpaired) electrons. The van der Waals surface area contributed by atoms with Gasteiger partial charge in [0.1, 0.15) is 23.7 Å². The van der Waals surface area contributed by atoms with Crippen LogP contribution in [0.25, 0.3) is 11.0 Å². The van der Waals surface area contributed by atoms with Gasteiger partial charge in [-0.3, -0.25) is 0 Å². The minimum Gasteiger partial charge on any atom is -0.463 e. The summed E-state index contributed by atoms with van der Waals surface area (Å²) in [5.74, 6) is -1.92. The third-order valence-corrected chi connectivity index (χ3v) is 6.91. The minimum atomic E-state index is -2.30. The van der Waals surface area contributed by atoms with Crippen molar-refractivity contribution in [2.45, 2.75) is 56.1 Å². The number of hydrogen-bond acceptors (Lipinski definition) is 10. The van der Waals surface area contributed by atoms with E-state index in [1.807, 2.05) is 0 Å². The maximum Gasteiger partial charge on any atom is 0.350 e. The van der Waals surface area contributed by atoms with Crippen LogP contribution in [0.4, 0.5) is 10.2 Å². The quantitative estimate of drug-likeness (QED) is 0.231. The number of esters is 2. The highest BCUT2D eigenvalue weighted by Gasteiger charge is 2.80. The molecule has 1 aliphatic carbocycles. The lowest BCUT2D eigenvalue weighted by atomic mass is 9.93. The van der Waals surface area contributed by atoms with E-state index in [1.165, 1.54) is 10.8 Å². The average molecular weight is 549 g/mol. The van der Waals surface area contributed by atoms with E-state index >= 15 is 4.39 Å². The Bertz CT molecular complexity index is 1350. The maximum absolute atomic E-state index is 15.8. The average Bonchev–Trinajstić information content (AvgIpc) is 3.14. The van der Waals surface area contributed by atoms with Crippen LogP contribution in [-0.4, -0.2) is 74.4 Å². The van der Waals surface area contributed by atoms with Gasteiger partial charge in [-0.25, -0.2) is 19.0 Å². The highest BCUT2D eigenvalue weighted by molar-refractivity contribution is 6.28. The van der Waals surface area contributed by atoms with Crippen molar-refractivity contribution in [3.63, 3.8) is 0 Å². The number of nitrogens with zero attached hydrogens (tertiary/aromatic N) is 3. The van der Waals surface area contributed by atoms with Crippen molar-refractivity contribution in [1.29, 1.82) is 0 Å². The number of ether oxygens (including phenoxy) is 4. The normalized spacial score (nSPS) is 26.2. The summed E-state index contributed by atoms with van der Waals surface area (Å²) in [4.78, 5) is 34.4. The molecule has 0 bridgehead atoms. The van der Waals surface area contributed by atoms with Gasteiger partial charge < -0.3 is 34.4 Å². The van der Waals surface area contributed by atoms with Crippen molar-refractivity contribution in [2.75, 3.05) is 18.9 Å². The molecule has 5 rings (SSSR count). The summed E-state index contributed by atoms with van der Waals surface area (Å²) < 4.78 is 39.4. The van der Waals surface area contributed by atoms with Crippen LogP contribution in [0.2, 0.25) is 5.28 Å². The van der Waals surface area contributed by atoms with Crippen molar-refractivity contribution < 1.29 is 38.0 Å². The van der Waals surface area contributed by atoms with Gasteiger partial charge >= 0.3 is 11.9 Å². The van der Waals surface area contributed by atoms with E-state index in [2.05, 4.69) is 9.97 Å². The van der Waals surface area contributed by atoms with Crippen LogP contribution in [0.1, 0.15) is 25.6 Å². The van der Waals surface area contributed by atoms with Crippen molar-refractivity contribution in [2.24, 2.45) is 0 Å². The van der Waals surface area contributed by atoms with Crippen molar-refractivity contribution >= 4 is 40.4 Å². The SMILES string of the molecule is CCOC(=O)C(Cc1ccccc1)(OC1[C@H]2O[C@@H](n3ccc4c(N)nc(Cl)nc43)[C@@H](F)[C@@]12O)C(=O)OCC. The number of nitrogen functional groups attached to an aromatic ring is 1. The zero-order chi connectivity index (χ0) is 27.2. The summed E-state index contributed by atoms with van der Waals surface area (Å²) >= 11 is 5.93. The first kappa shape index (κ1) is 26.3. The molecule has 1 aromatic carbocycles. The lowest BCUT2D eigenvalue weighted by Gasteiger charge is -2.31. The Hall–Kier alpha value is -3.32. The number of carbonyl (C=O) groups excluding carboxylic acids is 2. The molecule has 3 aromatic rings. The van der Waals surface area contributed by atoms with Crippen molar-refractivity contribution in [1.82, 2.24) is 14.5 Å². The summed E-state index contributed by atoms with van der Waals surface area (Å²) in [6.07, 6.45) is -4.67. The molecule has 3 N–H and O–H groups in total. The maximum atomic E-state index is 15.8. The highest BCUT2D eigenvalue weighted by atomic mass is 35.5. The molecule has 5 atom stereocenters. The molecule has 3 heterocycles. The molecule has 1 unspecified atom stereocenters. The molecule has 2 aromatic heterocycles. The van der Waals surface area contributed by atoms with E-state index in [9.17, 15) is 14.7 Å². The number of rotatable bonds is 9. The Morgan fingerprint density at radius 1 is 1.18 bits per heavy atom. The summed E-state index contributed by atoms with van der Waals surface area (Å²) in [7, 11) is 0. The van der Waals surface area contributed by atoms with Gasteiger partial charge in [0.15, 0.2) is 18.0 Å². The number of benzene rings is 1. The molecule has 2 fully saturated rings. The van der Waals surface area contributed by atoms with Crippen LogP contribution in [0.15, 0.2) is 42.6 Å². The molecule has 202 valence electrons. The molecule has 13 heteroatoms. The number of anilines is 1. The second-order valence-electron chi connectivity index (χ2n) is 9.04. The first-order valence-corrected chi connectivity index (χ1v) is 12.4. The standard InChI is InChI=1S/C25H26ClFN4O7/c1-3-35-21(32)24(22(33)36-4-2,12-13-8-6-5-7-9-13)38-17-16-25(17,34)15(27)20(37-16)31-11-10-14-18(28)29-23(26)30-19(14)31/h5-11,15-17,20,34H,3-4,12H2,1-2H3,(H2,28,29,30)/t15-,16-,17?,20-,25+/m1/s1. The summed E-state index contributed by atoms with van der Waals surface area (Å²) in [5.41, 5.74) is 2.21. The number of aromatic nitrogens is 3. The monoisotopic (exact) mass is 548 g/mol. The van der Waals surface area contributed by atoms with Crippen LogP contribution in [0.5, 0.6) is 0 Å². The molecular weight excluding hydrogens is 523 g/mol. The third kappa shape index (κ3) is 4.08. The Morgan fingerprint density at radius 3 is 2.42 bits per heavy atom. The summed E-state index contributed by atoms with van der Waals surface area (Å²) in [5, 5.41) is 11.6. The molecule has 0 spiro atoms. The third-order valence-electron chi connectivity index (χ3n) is 6.74. The topological polar surface area (TPSA) is 148 Å². The molecular formula is C25H26ClFN4O7. The van der Waals surface area contributed by atoms with Crippen molar-refractivity contribution in [3.8, 4) is 0 Å². The van der Waals surface area contributed by atoms with Gasteiger partial charge in [-0.15, -0.1) is 0 Å². The Morgan fingerprint density at radius 2 is 1.84 bits per heavy atom. The molecule has 1 aliphatic heterocycles. The van der Waals surface area contributed by atoms with Crippen molar-refractivity contribution in [3.05, 3.63) is 53.4 Å². The van der Waals surface area contributed by atoms with E-state index < -0.39 is 47.7 Å². The predicted octanol–water partition coefficient (Wildman–Crippen LogP) is 2.14. The van der Waals surface area contributed by atoms with Gasteiger partial charge in [0.25, 0.3) is 5.60 Å². The van der Waals surface area contributed by atoms with Crippen LogP contribution >= 0.6 is 11.6 Å². The Balaban J connectivity index is 1.46. The van der Waals surface area contributed by atoms with Gasteiger partial charge in [-0.05, 0) is 37.1 Å².